The lowest BCUT2D eigenvalue weighted by atomic mass is 10.0. The molecular weight excluding hydrogens is 436 g/mol. The van der Waals surface area contributed by atoms with Gasteiger partial charge in [-0.05, 0) is 32.6 Å². The average Bonchev–Trinajstić information content (AvgIpc) is 3.31. The largest absolute Gasteiger partial charge is 0.476 e. The van der Waals surface area contributed by atoms with Gasteiger partial charge in [0.05, 0.1) is 6.04 Å². The molecule has 2 rings (SSSR count). The Kier molecular flexibility index (Phi) is 8.00. The predicted molar refractivity (Wildman–Crippen MR) is 118 cm³/mol. The Morgan fingerprint density at radius 2 is 1.66 bits per heavy atom. The Morgan fingerprint density at radius 3 is 2.16 bits per heavy atom. The molecule has 0 unspecified atom stereocenters. The van der Waals surface area contributed by atoms with Crippen molar-refractivity contribution in [2.45, 2.75) is 66.2 Å². The summed E-state index contributed by atoms with van der Waals surface area (Å²) in [4.78, 5) is 44.5. The molecule has 0 aliphatic heterocycles. The molecule has 2 heterocycles. The molecule has 2 aromatic rings. The first-order valence-electron chi connectivity index (χ1n) is 10.2. The van der Waals surface area contributed by atoms with Gasteiger partial charge in [0, 0.05) is 5.38 Å². The fourth-order valence-electron chi connectivity index (χ4n) is 2.74. The first-order valence-corrected chi connectivity index (χ1v) is 11.1. The van der Waals surface area contributed by atoms with Crippen molar-refractivity contribution in [1.82, 2.24) is 20.6 Å². The number of amides is 2. The van der Waals surface area contributed by atoms with Crippen LogP contribution in [0.15, 0.2) is 16.1 Å². The van der Waals surface area contributed by atoms with Gasteiger partial charge < -0.3 is 24.9 Å². The standard InChI is InChI=1S/C21H30N4O6S/c1-10(2)14(25-20(29)31-21(5,6)7)17-22-12(8-30-17)16(26)24-15(11(3)4)18-23-13(9-32-18)19(27)28/h8-11,14-15H,1-7H3,(H,24,26)(H,25,29)(H,27,28)/t14-,15-/m0/s1. The first kappa shape index (κ1) is 25.3. The van der Waals surface area contributed by atoms with E-state index < -0.39 is 35.7 Å². The number of hydrogen-bond donors (Lipinski definition) is 3. The number of ether oxygens (including phenoxy) is 1. The van der Waals surface area contributed by atoms with Crippen LogP contribution in [0.1, 0.15) is 92.4 Å². The zero-order valence-corrected chi connectivity index (χ0v) is 20.1. The van der Waals surface area contributed by atoms with Crippen molar-refractivity contribution in [2.24, 2.45) is 11.8 Å². The predicted octanol–water partition coefficient (Wildman–Crippen LogP) is 4.18. The van der Waals surface area contributed by atoms with Gasteiger partial charge in [0.1, 0.15) is 22.9 Å². The van der Waals surface area contributed by atoms with Crippen LogP contribution in [0.2, 0.25) is 0 Å². The van der Waals surface area contributed by atoms with Crippen LogP contribution in [-0.4, -0.2) is 38.6 Å². The third kappa shape index (κ3) is 6.78. The summed E-state index contributed by atoms with van der Waals surface area (Å²) in [6, 6.07) is -1.09. The topological polar surface area (TPSA) is 144 Å². The van der Waals surface area contributed by atoms with Crippen LogP contribution in [0, 0.1) is 11.8 Å². The number of oxazole rings is 1. The molecule has 11 heteroatoms. The third-order valence-electron chi connectivity index (χ3n) is 4.32. The zero-order valence-electron chi connectivity index (χ0n) is 19.3. The molecule has 3 N–H and O–H groups in total. The van der Waals surface area contributed by atoms with E-state index in [-0.39, 0.29) is 29.1 Å². The Balaban J connectivity index is 2.16. The lowest BCUT2D eigenvalue weighted by molar-refractivity contribution is 0.0478. The maximum atomic E-state index is 12.8. The summed E-state index contributed by atoms with van der Waals surface area (Å²) in [5, 5.41) is 16.6. The van der Waals surface area contributed by atoms with E-state index in [1.165, 1.54) is 11.6 Å². The van der Waals surface area contributed by atoms with Crippen molar-refractivity contribution >= 4 is 29.3 Å². The van der Waals surface area contributed by atoms with Crippen molar-refractivity contribution in [3.05, 3.63) is 33.9 Å². The van der Waals surface area contributed by atoms with Gasteiger partial charge in [-0.3, -0.25) is 4.79 Å². The van der Waals surface area contributed by atoms with Crippen molar-refractivity contribution in [1.29, 1.82) is 0 Å². The van der Waals surface area contributed by atoms with Gasteiger partial charge in [0.2, 0.25) is 5.89 Å². The minimum Gasteiger partial charge on any atom is -0.476 e. The summed E-state index contributed by atoms with van der Waals surface area (Å²) >= 11 is 1.16. The van der Waals surface area contributed by atoms with Gasteiger partial charge in [0.15, 0.2) is 11.4 Å². The maximum Gasteiger partial charge on any atom is 0.408 e. The number of rotatable bonds is 8. The normalized spacial score (nSPS) is 13.7. The van der Waals surface area contributed by atoms with Crippen LogP contribution in [0.25, 0.3) is 0 Å². The number of carbonyl (C=O) groups excluding carboxylic acids is 2. The molecule has 0 fully saturated rings. The van der Waals surface area contributed by atoms with Gasteiger partial charge in [-0.2, -0.15) is 0 Å². The molecule has 0 aliphatic rings. The number of alkyl carbamates (subject to hydrolysis) is 1. The highest BCUT2D eigenvalue weighted by Gasteiger charge is 2.29. The number of carbonyl (C=O) groups is 3. The lowest BCUT2D eigenvalue weighted by Crippen LogP contribution is -2.37. The van der Waals surface area contributed by atoms with Crippen LogP contribution in [0.4, 0.5) is 4.79 Å². The average molecular weight is 467 g/mol. The number of nitrogens with zero attached hydrogens (tertiary/aromatic N) is 2. The second kappa shape index (κ2) is 10.1. The lowest BCUT2D eigenvalue weighted by Gasteiger charge is -2.24. The van der Waals surface area contributed by atoms with E-state index in [9.17, 15) is 14.4 Å². The highest BCUT2D eigenvalue weighted by molar-refractivity contribution is 7.09. The fraction of sp³-hybridized carbons (Fsp3) is 0.571. The molecule has 10 nitrogen and oxygen atoms in total. The number of nitrogens with one attached hydrogen (secondary N) is 2. The molecule has 0 spiro atoms. The third-order valence-corrected chi connectivity index (χ3v) is 5.25. The van der Waals surface area contributed by atoms with Crippen LogP contribution in [0.5, 0.6) is 0 Å². The Labute approximate surface area is 190 Å². The van der Waals surface area contributed by atoms with Crippen molar-refractivity contribution in [3.8, 4) is 0 Å². The Hall–Kier alpha value is -2.95. The second-order valence-corrected chi connectivity index (χ2v) is 9.90. The van der Waals surface area contributed by atoms with Gasteiger partial charge in [0.25, 0.3) is 5.91 Å². The van der Waals surface area contributed by atoms with E-state index in [0.717, 1.165) is 11.3 Å². The van der Waals surface area contributed by atoms with Crippen molar-refractivity contribution in [2.75, 3.05) is 0 Å². The van der Waals surface area contributed by atoms with E-state index in [1.54, 1.807) is 20.8 Å². The minimum absolute atomic E-state index is 0.0392. The Bertz CT molecular complexity index is 960. The maximum absolute atomic E-state index is 12.8. The molecular formula is C21H30N4O6S. The van der Waals surface area contributed by atoms with Crippen LogP contribution >= 0.6 is 11.3 Å². The Morgan fingerprint density at radius 1 is 1.03 bits per heavy atom. The summed E-state index contributed by atoms with van der Waals surface area (Å²) in [5.74, 6) is -1.56. The van der Waals surface area contributed by atoms with Gasteiger partial charge in [-0.15, -0.1) is 11.3 Å². The first-order chi connectivity index (χ1) is 14.8. The monoisotopic (exact) mass is 466 g/mol. The number of aromatic nitrogens is 2. The van der Waals surface area contributed by atoms with E-state index in [0.29, 0.717) is 5.01 Å². The minimum atomic E-state index is -1.13. The SMILES string of the molecule is CC(C)[C@H](NC(=O)OC(C)(C)C)c1nc(C(=O)N[C@H](c2nc(C(=O)O)cs2)C(C)C)co1. The summed E-state index contributed by atoms with van der Waals surface area (Å²) in [5.41, 5.74) is -0.686. The van der Waals surface area contributed by atoms with Gasteiger partial charge >= 0.3 is 12.1 Å². The number of thiazole rings is 1. The number of carboxylic acids is 1. The van der Waals surface area contributed by atoms with E-state index in [2.05, 4.69) is 20.6 Å². The van der Waals surface area contributed by atoms with Gasteiger partial charge in [-0.1, -0.05) is 27.7 Å². The number of carboxylic acid groups (broad SMARTS) is 1. The molecule has 0 bridgehead atoms. The highest BCUT2D eigenvalue weighted by Crippen LogP contribution is 2.26. The summed E-state index contributed by atoms with van der Waals surface area (Å²) < 4.78 is 10.8. The van der Waals surface area contributed by atoms with E-state index in [4.69, 9.17) is 14.3 Å². The van der Waals surface area contributed by atoms with Crippen molar-refractivity contribution < 1.29 is 28.6 Å². The van der Waals surface area contributed by atoms with Gasteiger partial charge in [-0.25, -0.2) is 19.6 Å². The van der Waals surface area contributed by atoms with E-state index in [1.807, 2.05) is 27.7 Å². The quantitative estimate of drug-likeness (QED) is 0.526. The van der Waals surface area contributed by atoms with Crippen LogP contribution < -0.4 is 10.6 Å². The second-order valence-electron chi connectivity index (χ2n) is 9.01. The van der Waals surface area contributed by atoms with Crippen LogP contribution in [0.3, 0.4) is 0 Å². The zero-order chi connectivity index (χ0) is 24.2. The fourth-order valence-corrected chi connectivity index (χ4v) is 3.75. The molecule has 0 saturated carbocycles. The molecule has 0 saturated heterocycles. The smallest absolute Gasteiger partial charge is 0.408 e. The molecule has 2 aromatic heterocycles. The summed E-state index contributed by atoms with van der Waals surface area (Å²) in [6.07, 6.45) is 0.608. The van der Waals surface area contributed by atoms with Crippen molar-refractivity contribution in [3.63, 3.8) is 0 Å². The molecule has 0 aromatic carbocycles. The number of aromatic carboxylic acids is 1. The highest BCUT2D eigenvalue weighted by atomic mass is 32.1. The molecule has 2 amide bonds. The molecule has 0 aliphatic carbocycles. The molecule has 32 heavy (non-hydrogen) atoms. The van der Waals surface area contributed by atoms with Crippen LogP contribution in [-0.2, 0) is 4.74 Å². The summed E-state index contributed by atoms with van der Waals surface area (Å²) in [6.45, 7) is 12.8. The number of hydrogen-bond acceptors (Lipinski definition) is 8. The molecule has 2 atom stereocenters. The molecule has 0 radical (unpaired) electrons. The van der Waals surface area contributed by atoms with E-state index >= 15 is 0 Å². The summed E-state index contributed by atoms with van der Waals surface area (Å²) in [7, 11) is 0. The molecule has 176 valence electrons.